The molecule has 0 saturated heterocycles. The van der Waals surface area contributed by atoms with Crippen molar-refractivity contribution in [1.82, 2.24) is 19.7 Å². The molecule has 1 N–H and O–H groups in total. The lowest BCUT2D eigenvalue weighted by Crippen LogP contribution is -2.15. The molecule has 0 unspecified atom stereocenters. The van der Waals surface area contributed by atoms with Crippen molar-refractivity contribution in [1.29, 1.82) is 0 Å². The molecule has 2 heterocycles. The molecular formula is C22H17BrClN5OS. The number of hydrogen-bond donors (Lipinski definition) is 1. The van der Waals surface area contributed by atoms with Crippen molar-refractivity contribution in [2.24, 2.45) is 0 Å². The highest BCUT2D eigenvalue weighted by Gasteiger charge is 2.18. The zero-order valence-corrected chi connectivity index (χ0v) is 19.6. The normalized spacial score (nSPS) is 10.8. The Labute approximate surface area is 197 Å². The van der Waals surface area contributed by atoms with E-state index in [1.165, 1.54) is 11.8 Å². The fraction of sp³-hybridized carbons (Fsp3) is 0.0909. The molecule has 2 aromatic heterocycles. The first-order valence-corrected chi connectivity index (χ1v) is 11.5. The van der Waals surface area contributed by atoms with Crippen LogP contribution in [0, 0.1) is 6.92 Å². The first kappa shape index (κ1) is 21.5. The summed E-state index contributed by atoms with van der Waals surface area (Å²) < 4.78 is 2.71. The van der Waals surface area contributed by atoms with E-state index in [-0.39, 0.29) is 11.7 Å². The summed E-state index contributed by atoms with van der Waals surface area (Å²) >= 11 is 10.8. The number of halogens is 2. The average Bonchev–Trinajstić information content (AvgIpc) is 3.19. The fourth-order valence-corrected chi connectivity index (χ4v) is 4.36. The average molecular weight is 515 g/mol. The van der Waals surface area contributed by atoms with Crippen molar-refractivity contribution < 1.29 is 4.79 Å². The minimum Gasteiger partial charge on any atom is -0.324 e. The second-order valence-electron chi connectivity index (χ2n) is 6.65. The molecule has 0 aliphatic rings. The van der Waals surface area contributed by atoms with Crippen molar-refractivity contribution in [3.8, 4) is 17.2 Å². The van der Waals surface area contributed by atoms with Crippen LogP contribution in [0.4, 0.5) is 5.69 Å². The van der Waals surface area contributed by atoms with Crippen molar-refractivity contribution in [3.63, 3.8) is 0 Å². The quantitative estimate of drug-likeness (QED) is 0.330. The number of rotatable bonds is 6. The topological polar surface area (TPSA) is 72.7 Å². The van der Waals surface area contributed by atoms with Gasteiger partial charge in [-0.3, -0.25) is 14.3 Å². The highest BCUT2D eigenvalue weighted by atomic mass is 79.9. The van der Waals surface area contributed by atoms with Gasteiger partial charge in [-0.2, -0.15) is 0 Å². The van der Waals surface area contributed by atoms with E-state index in [4.69, 9.17) is 11.6 Å². The maximum atomic E-state index is 12.6. The number of amides is 1. The molecule has 0 atom stereocenters. The maximum absolute atomic E-state index is 12.6. The van der Waals surface area contributed by atoms with Crippen molar-refractivity contribution in [2.45, 2.75) is 12.1 Å². The van der Waals surface area contributed by atoms with Crippen LogP contribution in [0.5, 0.6) is 0 Å². The highest BCUT2D eigenvalue weighted by molar-refractivity contribution is 9.10. The van der Waals surface area contributed by atoms with Crippen LogP contribution in [-0.2, 0) is 4.79 Å². The smallest absolute Gasteiger partial charge is 0.234 e. The number of thioether (sulfide) groups is 1. The number of aromatic nitrogens is 4. The number of nitrogens with one attached hydrogen (secondary N) is 1. The van der Waals surface area contributed by atoms with E-state index < -0.39 is 0 Å². The first-order valence-electron chi connectivity index (χ1n) is 9.33. The molecule has 0 bridgehead atoms. The molecule has 2 aromatic carbocycles. The largest absolute Gasteiger partial charge is 0.324 e. The van der Waals surface area contributed by atoms with Gasteiger partial charge in [0.25, 0.3) is 0 Å². The van der Waals surface area contributed by atoms with Crippen molar-refractivity contribution in [2.75, 3.05) is 11.1 Å². The number of carbonyl (C=O) groups excluding carboxylic acids is 1. The molecule has 0 spiro atoms. The third-order valence-electron chi connectivity index (χ3n) is 4.34. The molecular weight excluding hydrogens is 498 g/mol. The maximum Gasteiger partial charge on any atom is 0.234 e. The molecule has 0 saturated carbocycles. The van der Waals surface area contributed by atoms with Gasteiger partial charge in [-0.15, -0.1) is 10.2 Å². The number of nitrogens with zero attached hydrogens (tertiary/aromatic N) is 4. The Balaban J connectivity index is 1.58. The molecule has 6 nitrogen and oxygen atoms in total. The van der Waals surface area contributed by atoms with Crippen LogP contribution in [0.15, 0.2) is 76.5 Å². The van der Waals surface area contributed by atoms with Crippen molar-refractivity contribution >= 4 is 50.9 Å². The van der Waals surface area contributed by atoms with Crippen LogP contribution in [0.3, 0.4) is 0 Å². The third-order valence-corrected chi connectivity index (χ3v) is 6.18. The van der Waals surface area contributed by atoms with Gasteiger partial charge < -0.3 is 5.32 Å². The van der Waals surface area contributed by atoms with Crippen LogP contribution in [-0.4, -0.2) is 31.4 Å². The fourth-order valence-electron chi connectivity index (χ4n) is 2.89. The Morgan fingerprint density at radius 3 is 2.65 bits per heavy atom. The van der Waals surface area contributed by atoms with Crippen LogP contribution in [0.1, 0.15) is 5.56 Å². The van der Waals surface area contributed by atoms with Gasteiger partial charge in [-0.25, -0.2) is 0 Å². The SMILES string of the molecule is Cc1ccc(NC(=O)CSc2nnc(-c3ccccn3)n2-c2ccc(Cl)cc2)c(Br)c1. The molecule has 31 heavy (non-hydrogen) atoms. The summed E-state index contributed by atoms with van der Waals surface area (Å²) in [4.78, 5) is 16.9. The summed E-state index contributed by atoms with van der Waals surface area (Å²) in [7, 11) is 0. The number of pyridine rings is 1. The lowest BCUT2D eigenvalue weighted by molar-refractivity contribution is -0.113. The van der Waals surface area contributed by atoms with Crippen LogP contribution < -0.4 is 5.32 Å². The second kappa shape index (κ2) is 9.64. The zero-order chi connectivity index (χ0) is 21.8. The minimum atomic E-state index is -0.139. The molecule has 0 fully saturated rings. The summed E-state index contributed by atoms with van der Waals surface area (Å²) in [5.74, 6) is 0.626. The van der Waals surface area contributed by atoms with E-state index in [1.54, 1.807) is 18.3 Å². The summed E-state index contributed by atoms with van der Waals surface area (Å²) in [6.07, 6.45) is 1.70. The molecule has 0 aliphatic carbocycles. The van der Waals surface area contributed by atoms with Gasteiger partial charge in [0.1, 0.15) is 5.69 Å². The summed E-state index contributed by atoms with van der Waals surface area (Å²) in [6, 6.07) is 18.7. The number of anilines is 1. The lowest BCUT2D eigenvalue weighted by Gasteiger charge is -2.11. The van der Waals surface area contributed by atoms with Gasteiger partial charge in [0.15, 0.2) is 11.0 Å². The van der Waals surface area contributed by atoms with Gasteiger partial charge in [0.05, 0.1) is 11.4 Å². The van der Waals surface area contributed by atoms with Crippen LogP contribution >= 0.6 is 39.3 Å². The summed E-state index contributed by atoms with van der Waals surface area (Å²) in [5.41, 5.74) is 3.35. The standard InChI is InChI=1S/C22H17BrClN5OS/c1-14-5-10-18(17(23)12-14)26-20(30)13-31-22-28-27-21(19-4-2-3-11-25-19)29(22)16-8-6-15(24)7-9-16/h2-12H,13H2,1H3,(H,26,30). The van der Waals surface area contributed by atoms with E-state index >= 15 is 0 Å². The van der Waals surface area contributed by atoms with E-state index in [1.807, 2.05) is 60.0 Å². The monoisotopic (exact) mass is 513 g/mol. The Kier molecular flexibility index (Phi) is 6.70. The summed E-state index contributed by atoms with van der Waals surface area (Å²) in [5, 5.41) is 12.8. The van der Waals surface area contributed by atoms with Crippen molar-refractivity contribution in [3.05, 3.63) is 81.9 Å². The number of hydrogen-bond acceptors (Lipinski definition) is 5. The Morgan fingerprint density at radius 1 is 1.13 bits per heavy atom. The number of benzene rings is 2. The van der Waals surface area contributed by atoms with E-state index in [0.29, 0.717) is 21.7 Å². The lowest BCUT2D eigenvalue weighted by atomic mass is 10.2. The van der Waals surface area contributed by atoms with Crippen LogP contribution in [0.25, 0.3) is 17.2 Å². The molecule has 0 aliphatic heterocycles. The molecule has 4 aromatic rings. The molecule has 156 valence electrons. The van der Waals surface area contributed by atoms with Gasteiger partial charge in [-0.05, 0) is 76.9 Å². The zero-order valence-electron chi connectivity index (χ0n) is 16.4. The first-order chi connectivity index (χ1) is 15.0. The predicted octanol–water partition coefficient (Wildman–Crippen LogP) is 5.78. The molecule has 9 heteroatoms. The third kappa shape index (κ3) is 5.15. The Morgan fingerprint density at radius 2 is 1.94 bits per heavy atom. The second-order valence-corrected chi connectivity index (χ2v) is 8.89. The van der Waals surface area contributed by atoms with Gasteiger partial charge in [-0.1, -0.05) is 35.5 Å². The van der Waals surface area contributed by atoms with Gasteiger partial charge in [0, 0.05) is 21.4 Å². The van der Waals surface area contributed by atoms with E-state index in [2.05, 4.69) is 36.4 Å². The number of carbonyl (C=O) groups is 1. The van der Waals surface area contributed by atoms with E-state index in [0.717, 1.165) is 21.4 Å². The van der Waals surface area contributed by atoms with Crippen LogP contribution in [0.2, 0.25) is 5.02 Å². The van der Waals surface area contributed by atoms with E-state index in [9.17, 15) is 4.79 Å². The summed E-state index contributed by atoms with van der Waals surface area (Å²) in [6.45, 7) is 2.00. The number of aryl methyl sites for hydroxylation is 1. The van der Waals surface area contributed by atoms with Gasteiger partial charge in [0.2, 0.25) is 5.91 Å². The molecule has 1 amide bonds. The molecule has 4 rings (SSSR count). The highest BCUT2D eigenvalue weighted by Crippen LogP contribution is 2.28. The Bertz CT molecular complexity index is 1210. The molecule has 0 radical (unpaired) electrons. The predicted molar refractivity (Wildman–Crippen MR) is 128 cm³/mol. The van der Waals surface area contributed by atoms with Gasteiger partial charge >= 0.3 is 0 Å². The minimum absolute atomic E-state index is 0.139. The Hall–Kier alpha value is -2.68.